The largest absolute Gasteiger partial charge is 0.355 e. The number of hydrogen-bond acceptors (Lipinski definition) is 3. The summed E-state index contributed by atoms with van der Waals surface area (Å²) in [6.07, 6.45) is 1.35. The van der Waals surface area contributed by atoms with E-state index in [2.05, 4.69) is 53.6 Å². The Morgan fingerprint density at radius 3 is 2.35 bits per heavy atom. The van der Waals surface area contributed by atoms with Crippen molar-refractivity contribution in [2.45, 2.75) is 59.5 Å². The normalized spacial score (nSPS) is 15.3. The van der Waals surface area contributed by atoms with Crippen LogP contribution in [0.15, 0.2) is 24.3 Å². The number of nitrogens with one attached hydrogen (secondary N) is 2. The lowest BCUT2D eigenvalue weighted by Gasteiger charge is -2.41. The number of rotatable bonds is 6. The second-order valence-corrected chi connectivity index (χ2v) is 8.79. The molecule has 5 heteroatoms. The predicted molar refractivity (Wildman–Crippen MR) is 105 cm³/mol. The standard InChI is InChI=1S/C21H33N3O2/c1-20(2,3)19(26)22-12-10-18(25)23-15-21(4,5)24-13-11-16-8-6-7-9-17(16)14-24/h6-9H,10-15H2,1-5H3,(H,22,26)(H,23,25). The highest BCUT2D eigenvalue weighted by Crippen LogP contribution is 2.24. The van der Waals surface area contributed by atoms with E-state index in [1.807, 2.05) is 20.8 Å². The van der Waals surface area contributed by atoms with Crippen LogP contribution in [0.1, 0.15) is 52.2 Å². The summed E-state index contributed by atoms with van der Waals surface area (Å²) in [7, 11) is 0. The summed E-state index contributed by atoms with van der Waals surface area (Å²) in [4.78, 5) is 26.4. The number of carbonyl (C=O) groups is 2. The van der Waals surface area contributed by atoms with Gasteiger partial charge in [0.1, 0.15) is 0 Å². The van der Waals surface area contributed by atoms with Crippen molar-refractivity contribution in [2.24, 2.45) is 5.41 Å². The first kappa shape index (κ1) is 20.4. The quantitative estimate of drug-likeness (QED) is 0.820. The first-order valence-electron chi connectivity index (χ1n) is 9.46. The van der Waals surface area contributed by atoms with Crippen LogP contribution in [0.3, 0.4) is 0 Å². The molecule has 0 fully saturated rings. The van der Waals surface area contributed by atoms with E-state index in [9.17, 15) is 9.59 Å². The summed E-state index contributed by atoms with van der Waals surface area (Å²) in [5, 5.41) is 5.84. The summed E-state index contributed by atoms with van der Waals surface area (Å²) in [5.41, 5.74) is 2.27. The molecule has 1 aliphatic heterocycles. The number of fused-ring (bicyclic) bond motifs is 1. The van der Waals surface area contributed by atoms with Crippen LogP contribution in [0.2, 0.25) is 0 Å². The molecule has 1 aromatic carbocycles. The molecule has 0 aromatic heterocycles. The summed E-state index contributed by atoms with van der Waals surface area (Å²) in [5.74, 6) is -0.0534. The number of benzene rings is 1. The molecule has 5 nitrogen and oxygen atoms in total. The van der Waals surface area contributed by atoms with Gasteiger partial charge in [0.25, 0.3) is 0 Å². The smallest absolute Gasteiger partial charge is 0.225 e. The Bertz CT molecular complexity index is 647. The van der Waals surface area contributed by atoms with Gasteiger partial charge >= 0.3 is 0 Å². The Balaban J connectivity index is 1.77. The number of nitrogens with zero attached hydrogens (tertiary/aromatic N) is 1. The van der Waals surface area contributed by atoms with Crippen molar-refractivity contribution < 1.29 is 9.59 Å². The molecule has 0 spiro atoms. The average Bonchev–Trinajstić information content (AvgIpc) is 2.58. The minimum atomic E-state index is -0.428. The van der Waals surface area contributed by atoms with E-state index in [1.54, 1.807) is 0 Å². The summed E-state index contributed by atoms with van der Waals surface area (Å²) in [6, 6.07) is 8.57. The van der Waals surface area contributed by atoms with Crippen molar-refractivity contribution in [1.29, 1.82) is 0 Å². The maximum atomic E-state index is 12.1. The molecule has 0 saturated heterocycles. The molecule has 0 radical (unpaired) electrons. The first-order chi connectivity index (χ1) is 12.1. The Kier molecular flexibility index (Phi) is 6.45. The zero-order valence-corrected chi connectivity index (χ0v) is 16.8. The monoisotopic (exact) mass is 359 g/mol. The molecular weight excluding hydrogens is 326 g/mol. The molecule has 2 amide bonds. The van der Waals surface area contributed by atoms with E-state index >= 15 is 0 Å². The molecular formula is C21H33N3O2. The van der Waals surface area contributed by atoms with Gasteiger partial charge in [0.15, 0.2) is 0 Å². The molecule has 0 atom stereocenters. The second kappa shape index (κ2) is 8.21. The highest BCUT2D eigenvalue weighted by molar-refractivity contribution is 5.82. The van der Waals surface area contributed by atoms with Crippen molar-refractivity contribution in [2.75, 3.05) is 19.6 Å². The van der Waals surface area contributed by atoms with Gasteiger partial charge in [-0.1, -0.05) is 45.0 Å². The summed E-state index contributed by atoms with van der Waals surface area (Å²) in [6.45, 7) is 12.8. The third-order valence-corrected chi connectivity index (χ3v) is 5.02. The third kappa shape index (κ3) is 5.56. The van der Waals surface area contributed by atoms with Crippen LogP contribution in [-0.4, -0.2) is 41.9 Å². The molecule has 0 aliphatic carbocycles. The maximum Gasteiger partial charge on any atom is 0.225 e. The lowest BCUT2D eigenvalue weighted by molar-refractivity contribution is -0.128. The zero-order chi connectivity index (χ0) is 19.4. The SMILES string of the molecule is CC(C)(C)C(=O)NCCC(=O)NCC(C)(C)N1CCc2ccccc2C1. The van der Waals surface area contributed by atoms with Gasteiger partial charge in [-0.05, 0) is 31.4 Å². The lowest BCUT2D eigenvalue weighted by Crippen LogP contribution is -2.53. The van der Waals surface area contributed by atoms with Crippen molar-refractivity contribution in [3.8, 4) is 0 Å². The summed E-state index contributed by atoms with van der Waals surface area (Å²) < 4.78 is 0. The Hall–Kier alpha value is -1.88. The average molecular weight is 360 g/mol. The zero-order valence-electron chi connectivity index (χ0n) is 16.8. The Morgan fingerprint density at radius 2 is 1.69 bits per heavy atom. The molecule has 2 N–H and O–H groups in total. The Morgan fingerprint density at radius 1 is 1.04 bits per heavy atom. The highest BCUT2D eigenvalue weighted by Gasteiger charge is 2.30. The van der Waals surface area contributed by atoms with Crippen molar-refractivity contribution in [3.05, 3.63) is 35.4 Å². The number of amides is 2. The Labute approximate surface area is 157 Å². The predicted octanol–water partition coefficient (Wildman–Crippen LogP) is 2.49. The van der Waals surface area contributed by atoms with Crippen molar-refractivity contribution in [3.63, 3.8) is 0 Å². The van der Waals surface area contributed by atoms with E-state index in [-0.39, 0.29) is 17.4 Å². The van der Waals surface area contributed by atoms with Crippen LogP contribution in [0.5, 0.6) is 0 Å². The van der Waals surface area contributed by atoms with E-state index < -0.39 is 5.41 Å². The third-order valence-electron chi connectivity index (χ3n) is 5.02. The van der Waals surface area contributed by atoms with Gasteiger partial charge in [-0.2, -0.15) is 0 Å². The topological polar surface area (TPSA) is 61.4 Å². The van der Waals surface area contributed by atoms with Crippen LogP contribution in [0.4, 0.5) is 0 Å². The fraction of sp³-hybridized carbons (Fsp3) is 0.619. The van der Waals surface area contributed by atoms with E-state index in [1.165, 1.54) is 11.1 Å². The molecule has 0 saturated carbocycles. The fourth-order valence-corrected chi connectivity index (χ4v) is 3.08. The maximum absolute atomic E-state index is 12.1. The number of hydrogen-bond donors (Lipinski definition) is 2. The molecule has 1 aromatic rings. The van der Waals surface area contributed by atoms with Gasteiger partial charge in [-0.15, -0.1) is 0 Å². The van der Waals surface area contributed by atoms with Gasteiger partial charge < -0.3 is 10.6 Å². The van der Waals surface area contributed by atoms with Gasteiger partial charge in [-0.25, -0.2) is 0 Å². The molecule has 0 unspecified atom stereocenters. The van der Waals surface area contributed by atoms with Crippen LogP contribution in [0.25, 0.3) is 0 Å². The van der Waals surface area contributed by atoms with E-state index in [0.29, 0.717) is 19.5 Å². The first-order valence-corrected chi connectivity index (χ1v) is 9.46. The van der Waals surface area contributed by atoms with Crippen molar-refractivity contribution >= 4 is 11.8 Å². The minimum absolute atomic E-state index is 0.0234. The van der Waals surface area contributed by atoms with Crippen LogP contribution in [-0.2, 0) is 22.6 Å². The van der Waals surface area contributed by atoms with Crippen LogP contribution in [0, 0.1) is 5.41 Å². The van der Waals surface area contributed by atoms with Gasteiger partial charge in [-0.3, -0.25) is 14.5 Å². The van der Waals surface area contributed by atoms with Gasteiger partial charge in [0.2, 0.25) is 11.8 Å². The van der Waals surface area contributed by atoms with Crippen LogP contribution < -0.4 is 10.6 Å². The highest BCUT2D eigenvalue weighted by atomic mass is 16.2. The van der Waals surface area contributed by atoms with Crippen molar-refractivity contribution in [1.82, 2.24) is 15.5 Å². The van der Waals surface area contributed by atoms with E-state index in [0.717, 1.165) is 19.5 Å². The second-order valence-electron chi connectivity index (χ2n) is 8.79. The summed E-state index contributed by atoms with van der Waals surface area (Å²) >= 11 is 0. The molecule has 144 valence electrons. The molecule has 26 heavy (non-hydrogen) atoms. The van der Waals surface area contributed by atoms with Crippen LogP contribution >= 0.6 is 0 Å². The number of carbonyl (C=O) groups excluding carboxylic acids is 2. The lowest BCUT2D eigenvalue weighted by atomic mass is 9.94. The van der Waals surface area contributed by atoms with Gasteiger partial charge in [0.05, 0.1) is 0 Å². The minimum Gasteiger partial charge on any atom is -0.355 e. The molecule has 2 rings (SSSR count). The molecule has 1 heterocycles. The molecule has 0 bridgehead atoms. The molecule has 1 aliphatic rings. The van der Waals surface area contributed by atoms with Gasteiger partial charge in [0, 0.05) is 43.6 Å². The fourth-order valence-electron chi connectivity index (χ4n) is 3.08. The van der Waals surface area contributed by atoms with E-state index in [4.69, 9.17) is 0 Å².